The maximum atomic E-state index is 13.9. The highest BCUT2D eigenvalue weighted by Gasteiger charge is 2.25. The molecule has 166 valence electrons. The largest absolute Gasteiger partial charge is 0.352 e. The van der Waals surface area contributed by atoms with Crippen molar-refractivity contribution in [2.24, 2.45) is 5.92 Å². The molecular formula is C27H30FN3O. The monoisotopic (exact) mass is 431 g/mol. The number of hydrogen-bond acceptors (Lipinski definition) is 3. The predicted octanol–water partition coefficient (Wildman–Crippen LogP) is 4.99. The second-order valence-electron chi connectivity index (χ2n) is 8.29. The Hall–Kier alpha value is -3.18. The summed E-state index contributed by atoms with van der Waals surface area (Å²) in [5.74, 6) is -0.00616. The Kier molecular flexibility index (Phi) is 7.51. The average molecular weight is 432 g/mol. The molecule has 1 aliphatic rings. The molecule has 0 aromatic heterocycles. The number of carbonyl (C=O) groups excluding carboxylic acids is 1. The van der Waals surface area contributed by atoms with Crippen LogP contribution in [0.3, 0.4) is 0 Å². The molecule has 0 unspecified atom stereocenters. The number of carbonyl (C=O) groups is 1. The van der Waals surface area contributed by atoms with E-state index >= 15 is 0 Å². The van der Waals surface area contributed by atoms with Gasteiger partial charge in [0.2, 0.25) is 5.91 Å². The van der Waals surface area contributed by atoms with Gasteiger partial charge in [-0.2, -0.15) is 0 Å². The summed E-state index contributed by atoms with van der Waals surface area (Å²) in [5, 5.41) is 3.08. The lowest BCUT2D eigenvalue weighted by Crippen LogP contribution is -2.42. The van der Waals surface area contributed by atoms with Gasteiger partial charge in [-0.05, 0) is 61.8 Å². The van der Waals surface area contributed by atoms with Crippen LogP contribution in [-0.2, 0) is 11.3 Å². The lowest BCUT2D eigenvalue weighted by Gasteiger charge is -2.34. The third-order valence-corrected chi connectivity index (χ3v) is 6.10. The topological polar surface area (TPSA) is 35.6 Å². The first-order valence-corrected chi connectivity index (χ1v) is 11.3. The van der Waals surface area contributed by atoms with Crippen LogP contribution in [0, 0.1) is 11.7 Å². The molecule has 5 heteroatoms. The Bertz CT molecular complexity index is 988. The van der Waals surface area contributed by atoms with E-state index in [0.717, 1.165) is 56.0 Å². The van der Waals surface area contributed by atoms with Gasteiger partial charge in [-0.1, -0.05) is 54.6 Å². The summed E-state index contributed by atoms with van der Waals surface area (Å²) in [7, 11) is 0. The fourth-order valence-corrected chi connectivity index (χ4v) is 4.25. The fourth-order valence-electron chi connectivity index (χ4n) is 4.25. The van der Waals surface area contributed by atoms with Crippen LogP contribution in [-0.4, -0.2) is 37.0 Å². The standard InChI is InChI=1S/C27H30FN3O/c28-24-10-7-13-26(20-24)31(25-11-5-2-6-12-25)19-18-30-16-14-23(15-17-30)27(32)29-21-22-8-3-1-4-9-22/h1-13,20,23H,14-19,21H2,(H,29,32). The molecule has 4 nitrogen and oxygen atoms in total. The minimum Gasteiger partial charge on any atom is -0.352 e. The minimum atomic E-state index is -0.231. The van der Waals surface area contributed by atoms with Gasteiger partial charge in [0.25, 0.3) is 0 Å². The smallest absolute Gasteiger partial charge is 0.223 e. The van der Waals surface area contributed by atoms with Crippen molar-refractivity contribution in [3.8, 4) is 0 Å². The van der Waals surface area contributed by atoms with Gasteiger partial charge in [0.05, 0.1) is 0 Å². The number of anilines is 2. The Morgan fingerprint density at radius 3 is 2.25 bits per heavy atom. The molecule has 1 saturated heterocycles. The summed E-state index contributed by atoms with van der Waals surface area (Å²) in [6.45, 7) is 4.01. The molecule has 3 aromatic rings. The van der Waals surface area contributed by atoms with E-state index in [2.05, 4.69) is 15.1 Å². The van der Waals surface area contributed by atoms with Crippen molar-refractivity contribution in [3.05, 3.63) is 96.3 Å². The van der Waals surface area contributed by atoms with Crippen molar-refractivity contribution in [3.63, 3.8) is 0 Å². The molecule has 4 rings (SSSR count). The summed E-state index contributed by atoms with van der Waals surface area (Å²) in [6.07, 6.45) is 1.73. The Morgan fingerprint density at radius 1 is 0.906 bits per heavy atom. The van der Waals surface area contributed by atoms with Crippen LogP contribution in [0.5, 0.6) is 0 Å². The summed E-state index contributed by atoms with van der Waals surface area (Å²) in [5.41, 5.74) is 3.02. The number of benzene rings is 3. The summed E-state index contributed by atoms with van der Waals surface area (Å²) in [6, 6.07) is 26.8. The SMILES string of the molecule is O=C(NCc1ccccc1)C1CCN(CCN(c2ccccc2)c2cccc(F)c2)CC1. The zero-order chi connectivity index (χ0) is 22.2. The molecular weight excluding hydrogens is 401 g/mol. The molecule has 0 bridgehead atoms. The number of halogens is 1. The number of hydrogen-bond donors (Lipinski definition) is 1. The first-order valence-electron chi connectivity index (χ1n) is 11.3. The van der Waals surface area contributed by atoms with E-state index in [1.807, 2.05) is 66.7 Å². The molecule has 0 atom stereocenters. The van der Waals surface area contributed by atoms with Crippen LogP contribution in [0.2, 0.25) is 0 Å². The molecule has 0 saturated carbocycles. The van der Waals surface area contributed by atoms with Gasteiger partial charge in [0.1, 0.15) is 5.82 Å². The van der Waals surface area contributed by atoms with Crippen LogP contribution in [0.15, 0.2) is 84.9 Å². The molecule has 1 N–H and O–H groups in total. The normalized spacial score (nSPS) is 14.8. The van der Waals surface area contributed by atoms with Crippen molar-refractivity contribution in [2.45, 2.75) is 19.4 Å². The van der Waals surface area contributed by atoms with E-state index < -0.39 is 0 Å². The van der Waals surface area contributed by atoms with Crippen LogP contribution in [0.25, 0.3) is 0 Å². The van der Waals surface area contributed by atoms with Crippen molar-refractivity contribution < 1.29 is 9.18 Å². The average Bonchev–Trinajstić information content (AvgIpc) is 2.84. The zero-order valence-electron chi connectivity index (χ0n) is 18.3. The summed E-state index contributed by atoms with van der Waals surface area (Å²) in [4.78, 5) is 17.1. The van der Waals surface area contributed by atoms with Crippen LogP contribution >= 0.6 is 0 Å². The van der Waals surface area contributed by atoms with Gasteiger partial charge in [0, 0.05) is 36.9 Å². The number of nitrogens with one attached hydrogen (secondary N) is 1. The maximum absolute atomic E-state index is 13.9. The van der Waals surface area contributed by atoms with Crippen LogP contribution in [0.4, 0.5) is 15.8 Å². The third kappa shape index (κ3) is 5.95. The van der Waals surface area contributed by atoms with Gasteiger partial charge >= 0.3 is 0 Å². The van der Waals surface area contributed by atoms with E-state index in [0.29, 0.717) is 6.54 Å². The second-order valence-corrected chi connectivity index (χ2v) is 8.29. The lowest BCUT2D eigenvalue weighted by molar-refractivity contribution is -0.126. The quantitative estimate of drug-likeness (QED) is 0.546. The molecule has 1 aliphatic heterocycles. The molecule has 1 fully saturated rings. The first-order chi connectivity index (χ1) is 15.7. The number of likely N-dealkylation sites (tertiary alicyclic amines) is 1. The van der Waals surface area contributed by atoms with Crippen LogP contribution in [0.1, 0.15) is 18.4 Å². The maximum Gasteiger partial charge on any atom is 0.223 e. The van der Waals surface area contributed by atoms with Gasteiger partial charge in [-0.3, -0.25) is 4.79 Å². The number of amides is 1. The Balaban J connectivity index is 1.29. The molecule has 3 aromatic carbocycles. The van der Waals surface area contributed by atoms with Gasteiger partial charge in [-0.15, -0.1) is 0 Å². The molecule has 0 radical (unpaired) electrons. The van der Waals surface area contributed by atoms with Gasteiger partial charge < -0.3 is 15.1 Å². The highest BCUT2D eigenvalue weighted by atomic mass is 19.1. The molecule has 0 aliphatic carbocycles. The second kappa shape index (κ2) is 10.9. The van der Waals surface area contributed by atoms with E-state index in [-0.39, 0.29) is 17.6 Å². The number of nitrogens with zero attached hydrogens (tertiary/aromatic N) is 2. The van der Waals surface area contributed by atoms with Crippen molar-refractivity contribution in [2.75, 3.05) is 31.1 Å². The highest BCUT2D eigenvalue weighted by molar-refractivity contribution is 5.78. The fraction of sp³-hybridized carbons (Fsp3) is 0.296. The van der Waals surface area contributed by atoms with E-state index in [4.69, 9.17) is 0 Å². The van der Waals surface area contributed by atoms with Crippen LogP contribution < -0.4 is 10.2 Å². The van der Waals surface area contributed by atoms with E-state index in [1.54, 1.807) is 12.1 Å². The van der Waals surface area contributed by atoms with Gasteiger partial charge in [0.15, 0.2) is 0 Å². The number of rotatable bonds is 8. The first kappa shape index (κ1) is 22.0. The number of piperidine rings is 1. The molecule has 1 amide bonds. The highest BCUT2D eigenvalue weighted by Crippen LogP contribution is 2.26. The van der Waals surface area contributed by atoms with E-state index in [9.17, 15) is 9.18 Å². The lowest BCUT2D eigenvalue weighted by atomic mass is 9.96. The van der Waals surface area contributed by atoms with Crippen molar-refractivity contribution in [1.82, 2.24) is 10.2 Å². The Labute approximate surface area is 189 Å². The minimum absolute atomic E-state index is 0.0726. The predicted molar refractivity (Wildman–Crippen MR) is 127 cm³/mol. The zero-order valence-corrected chi connectivity index (χ0v) is 18.3. The molecule has 0 spiro atoms. The van der Waals surface area contributed by atoms with Gasteiger partial charge in [-0.25, -0.2) is 4.39 Å². The molecule has 1 heterocycles. The van der Waals surface area contributed by atoms with E-state index in [1.165, 1.54) is 6.07 Å². The molecule has 32 heavy (non-hydrogen) atoms. The third-order valence-electron chi connectivity index (χ3n) is 6.10. The van der Waals surface area contributed by atoms with Crippen molar-refractivity contribution in [1.29, 1.82) is 0 Å². The summed E-state index contributed by atoms with van der Waals surface area (Å²) >= 11 is 0. The number of para-hydroxylation sites is 1. The summed E-state index contributed by atoms with van der Waals surface area (Å²) < 4.78 is 13.9. The Morgan fingerprint density at radius 2 is 1.56 bits per heavy atom. The van der Waals surface area contributed by atoms with Crippen molar-refractivity contribution >= 4 is 17.3 Å².